The third-order valence-corrected chi connectivity index (χ3v) is 6.46. The maximum absolute atomic E-state index is 14.1. The Morgan fingerprint density at radius 1 is 1.28 bits per heavy atom. The molecule has 32 heavy (non-hydrogen) atoms. The van der Waals surface area contributed by atoms with Crippen molar-refractivity contribution in [1.29, 1.82) is 0 Å². The van der Waals surface area contributed by atoms with Crippen LogP contribution in [0.3, 0.4) is 0 Å². The summed E-state index contributed by atoms with van der Waals surface area (Å²) in [7, 11) is -3.21. The van der Waals surface area contributed by atoms with Gasteiger partial charge in [0.1, 0.15) is 40.0 Å². The number of sulfonamides is 1. The second-order valence-corrected chi connectivity index (χ2v) is 10.3. The van der Waals surface area contributed by atoms with E-state index in [-0.39, 0.29) is 11.9 Å². The van der Waals surface area contributed by atoms with E-state index in [4.69, 9.17) is 4.74 Å². The van der Waals surface area contributed by atoms with Crippen LogP contribution in [0.4, 0.5) is 4.39 Å². The van der Waals surface area contributed by atoms with Gasteiger partial charge in [-0.2, -0.15) is 0 Å². The van der Waals surface area contributed by atoms with Crippen molar-refractivity contribution in [1.82, 2.24) is 19.2 Å². The average Bonchev–Trinajstić information content (AvgIpc) is 3.13. The Morgan fingerprint density at radius 3 is 2.78 bits per heavy atom. The lowest BCUT2D eigenvalue weighted by Crippen LogP contribution is -2.38. The number of halogens is 1. The minimum atomic E-state index is -3.21. The molecule has 1 fully saturated rings. The van der Waals surface area contributed by atoms with Crippen LogP contribution in [0.2, 0.25) is 0 Å². The maximum Gasteiger partial charge on any atom is 0.140 e. The highest BCUT2D eigenvalue weighted by atomic mass is 32.3. The van der Waals surface area contributed by atoms with Crippen LogP contribution in [0.1, 0.15) is 24.0 Å². The number of nitrogens with zero attached hydrogens (tertiary/aromatic N) is 3. The van der Waals surface area contributed by atoms with E-state index in [1.54, 1.807) is 12.3 Å². The summed E-state index contributed by atoms with van der Waals surface area (Å²) >= 11 is 0. The summed E-state index contributed by atoms with van der Waals surface area (Å²) in [4.78, 5) is 6.78. The molecule has 3 heterocycles. The maximum atomic E-state index is 14.1. The molecular formula is C23H29FN4O3S. The molecule has 1 aliphatic rings. The fourth-order valence-electron chi connectivity index (χ4n) is 4.05. The first-order chi connectivity index (χ1) is 15.3. The lowest BCUT2D eigenvalue weighted by atomic mass is 10.1. The van der Waals surface area contributed by atoms with E-state index in [0.29, 0.717) is 19.6 Å². The molecule has 1 aliphatic heterocycles. The van der Waals surface area contributed by atoms with Crippen LogP contribution < -0.4 is 9.46 Å². The molecule has 0 radical (unpaired) electrons. The molecule has 1 saturated heterocycles. The van der Waals surface area contributed by atoms with Gasteiger partial charge in [0.25, 0.3) is 0 Å². The van der Waals surface area contributed by atoms with Crippen LogP contribution in [0, 0.1) is 12.7 Å². The van der Waals surface area contributed by atoms with Crippen molar-refractivity contribution >= 4 is 21.4 Å². The summed E-state index contributed by atoms with van der Waals surface area (Å²) in [6, 6.07) is 9.33. The molecule has 7 nitrogen and oxygen atoms in total. The van der Waals surface area contributed by atoms with Crippen molar-refractivity contribution in [3.05, 3.63) is 59.7 Å². The smallest absolute Gasteiger partial charge is 0.140 e. The van der Waals surface area contributed by atoms with Gasteiger partial charge in [-0.15, -0.1) is 4.72 Å². The predicted octanol–water partition coefficient (Wildman–Crippen LogP) is 3.29. The zero-order valence-electron chi connectivity index (χ0n) is 18.4. The van der Waals surface area contributed by atoms with Gasteiger partial charge in [0.05, 0.1) is 12.7 Å². The number of piperidine rings is 1. The molecule has 0 aliphatic carbocycles. The highest BCUT2D eigenvalue weighted by Gasteiger charge is 2.22. The number of aryl methyl sites for hydroxylation is 1. The number of ether oxygens (including phenoxy) is 1. The molecule has 0 spiro atoms. The molecular weight excluding hydrogens is 431 g/mol. The molecule has 172 valence electrons. The Bertz CT molecular complexity index is 1120. The third-order valence-electron chi connectivity index (χ3n) is 5.73. The fourth-order valence-corrected chi connectivity index (χ4v) is 4.52. The van der Waals surface area contributed by atoms with Crippen LogP contribution in [-0.2, 0) is 27.7 Å². The number of hydrogen-bond donors (Lipinski definition) is 1. The lowest BCUT2D eigenvalue weighted by molar-refractivity contribution is 0.0960. The molecule has 9 heteroatoms. The number of fused-ring (bicyclic) bond motifs is 1. The minimum absolute atomic E-state index is 0.106. The first kappa shape index (κ1) is 22.8. The summed E-state index contributed by atoms with van der Waals surface area (Å²) in [6.07, 6.45) is 6.63. The third kappa shape index (κ3) is 5.92. The van der Waals surface area contributed by atoms with E-state index in [0.717, 1.165) is 60.1 Å². The quantitative estimate of drug-likeness (QED) is 0.522. The van der Waals surface area contributed by atoms with E-state index < -0.39 is 10.4 Å². The largest absolute Gasteiger partial charge is 0.598 e. The predicted molar refractivity (Wildman–Crippen MR) is 123 cm³/mol. The highest BCUT2D eigenvalue weighted by Crippen LogP contribution is 2.24. The molecule has 1 atom stereocenters. The number of pyridine rings is 1. The number of nitrogens with one attached hydrogen (secondary N) is 1. The zero-order valence-corrected chi connectivity index (χ0v) is 19.2. The number of likely N-dealkylation sites (tertiary alicyclic amines) is 1. The zero-order chi connectivity index (χ0) is 22.7. The summed E-state index contributed by atoms with van der Waals surface area (Å²) in [5, 5.41) is 0.953. The van der Waals surface area contributed by atoms with E-state index >= 15 is 0 Å². The van der Waals surface area contributed by atoms with Crippen molar-refractivity contribution < 1.29 is 17.9 Å². The number of rotatable bonds is 8. The number of aromatic nitrogens is 2. The Labute approximate surface area is 189 Å². The fraction of sp³-hybridized carbons (Fsp3) is 0.435. The van der Waals surface area contributed by atoms with Crippen LogP contribution in [0.25, 0.3) is 11.0 Å². The van der Waals surface area contributed by atoms with Crippen LogP contribution >= 0.6 is 0 Å². The molecule has 3 aromatic rings. The molecule has 4 rings (SSSR count). The molecule has 0 bridgehead atoms. The van der Waals surface area contributed by atoms with E-state index in [9.17, 15) is 13.2 Å². The van der Waals surface area contributed by atoms with Crippen LogP contribution in [0.15, 0.2) is 42.7 Å². The standard InChI is InChI=1S/C23H29FN4O3S/c1-17-3-4-19(22(24)13-17)16-27-9-6-20(7-10-27)31-21-14-18-5-11-28(23(18)25-15-21)12-8-26-32(2,29)30/h3-5,11,13-15,20H,6-10,12,16H2,1-2H3,(H-,26,29,30). The summed E-state index contributed by atoms with van der Waals surface area (Å²) in [5.74, 6) is 0.592. The van der Waals surface area contributed by atoms with Gasteiger partial charge in [0.2, 0.25) is 0 Å². The monoisotopic (exact) mass is 460 g/mol. The Morgan fingerprint density at radius 2 is 2.06 bits per heavy atom. The van der Waals surface area contributed by atoms with Gasteiger partial charge in [0, 0.05) is 43.3 Å². The first-order valence-electron chi connectivity index (χ1n) is 10.8. The van der Waals surface area contributed by atoms with Gasteiger partial charge < -0.3 is 13.9 Å². The van der Waals surface area contributed by atoms with Crippen LogP contribution in [-0.4, -0.2) is 51.0 Å². The van der Waals surface area contributed by atoms with Gasteiger partial charge in [-0.05, 0) is 43.5 Å². The Kier molecular flexibility index (Phi) is 6.90. The van der Waals surface area contributed by atoms with Crippen molar-refractivity contribution in [3.63, 3.8) is 0 Å². The summed E-state index contributed by atoms with van der Waals surface area (Å²) < 4.78 is 47.2. The second kappa shape index (κ2) is 9.66. The Hall–Kier alpha value is -2.33. The van der Waals surface area contributed by atoms with E-state index in [2.05, 4.69) is 14.6 Å². The lowest BCUT2D eigenvalue weighted by Gasteiger charge is -2.32. The van der Waals surface area contributed by atoms with Gasteiger partial charge in [-0.25, -0.2) is 9.37 Å². The van der Waals surface area contributed by atoms with Crippen molar-refractivity contribution in [2.45, 2.75) is 39.0 Å². The normalized spacial score (nSPS) is 17.5. The number of hydrogen-bond acceptors (Lipinski definition) is 5. The second-order valence-electron chi connectivity index (χ2n) is 8.45. The molecule has 0 amide bonds. The van der Waals surface area contributed by atoms with Gasteiger partial charge in [-0.3, -0.25) is 4.90 Å². The SMILES string of the molecule is Cc1ccc(CN2CCC(Oc3cnc4c(ccn4CCN[S+](C)(=O)[O-])c3)CC2)c(F)c1. The first-order valence-corrected chi connectivity index (χ1v) is 12.7. The molecule has 1 unspecified atom stereocenters. The van der Waals surface area contributed by atoms with Crippen molar-refractivity contribution in [3.8, 4) is 5.75 Å². The van der Waals surface area contributed by atoms with Crippen LogP contribution in [0.5, 0.6) is 5.75 Å². The molecule has 2 aromatic heterocycles. The molecule has 1 aromatic carbocycles. The Balaban J connectivity index is 1.30. The van der Waals surface area contributed by atoms with Gasteiger partial charge in [0.15, 0.2) is 0 Å². The topological polar surface area (TPSA) is 82.5 Å². The van der Waals surface area contributed by atoms with E-state index in [1.165, 1.54) is 0 Å². The minimum Gasteiger partial charge on any atom is -0.598 e. The molecule has 0 saturated carbocycles. The summed E-state index contributed by atoms with van der Waals surface area (Å²) in [5.41, 5.74) is 2.47. The van der Waals surface area contributed by atoms with Crippen molar-refractivity contribution in [2.24, 2.45) is 0 Å². The number of benzene rings is 1. The summed E-state index contributed by atoms with van der Waals surface area (Å²) in [6.45, 7) is 5.05. The average molecular weight is 461 g/mol. The van der Waals surface area contributed by atoms with E-state index in [1.807, 2.05) is 42.0 Å². The molecule has 1 N–H and O–H groups in total. The van der Waals surface area contributed by atoms with Gasteiger partial charge >= 0.3 is 0 Å². The van der Waals surface area contributed by atoms with Gasteiger partial charge in [-0.1, -0.05) is 16.3 Å². The highest BCUT2D eigenvalue weighted by molar-refractivity contribution is 7.95. The van der Waals surface area contributed by atoms with Crippen molar-refractivity contribution in [2.75, 3.05) is 25.9 Å².